The van der Waals surface area contributed by atoms with Gasteiger partial charge in [-0.3, -0.25) is 0 Å². The highest BCUT2D eigenvalue weighted by Gasteiger charge is 2.24. The van der Waals surface area contributed by atoms with Gasteiger partial charge < -0.3 is 15.7 Å². The van der Waals surface area contributed by atoms with Crippen molar-refractivity contribution in [2.75, 3.05) is 10.6 Å². The lowest BCUT2D eigenvalue weighted by molar-refractivity contribution is 0.0647. The third-order valence-electron chi connectivity index (χ3n) is 3.86. The molecule has 0 bridgehead atoms. The summed E-state index contributed by atoms with van der Waals surface area (Å²) >= 11 is 6.48. The van der Waals surface area contributed by atoms with Crippen LogP contribution in [0.5, 0.6) is 0 Å². The molecule has 0 saturated carbocycles. The molecule has 1 heterocycles. The minimum Gasteiger partial charge on any atom is -0.388 e. The zero-order valence-corrected chi connectivity index (χ0v) is 19.1. The van der Waals surface area contributed by atoms with E-state index in [0.717, 1.165) is 0 Å². The van der Waals surface area contributed by atoms with Gasteiger partial charge in [0.1, 0.15) is 16.8 Å². The first kappa shape index (κ1) is 22.5. The first-order chi connectivity index (χ1) is 12.8. The molecule has 2 rings (SSSR count). The highest BCUT2D eigenvalue weighted by atomic mass is 79.9. The molecule has 0 fully saturated rings. The number of halogens is 2. The van der Waals surface area contributed by atoms with Gasteiger partial charge in [0.05, 0.1) is 21.7 Å². The van der Waals surface area contributed by atoms with E-state index in [2.05, 4.69) is 52.5 Å². The van der Waals surface area contributed by atoms with Gasteiger partial charge in [0.25, 0.3) is 0 Å². The molecule has 1 atom stereocenters. The van der Waals surface area contributed by atoms with Crippen LogP contribution < -0.4 is 15.8 Å². The number of aliphatic hydroxyl groups is 1. The van der Waals surface area contributed by atoms with Crippen LogP contribution in [0.4, 0.5) is 17.5 Å². The summed E-state index contributed by atoms with van der Waals surface area (Å²) in [5, 5.41) is 30.5. The van der Waals surface area contributed by atoms with E-state index in [1.165, 1.54) is 18.3 Å². The Bertz CT molecular complexity index is 1050. The Kier molecular flexibility index (Phi) is 6.67. The number of nitrogens with zero attached hydrogens (tertiary/aromatic N) is 3. The van der Waals surface area contributed by atoms with Crippen LogP contribution in [0.25, 0.3) is 0 Å². The maximum absolute atomic E-state index is 11.7. The van der Waals surface area contributed by atoms with Crippen molar-refractivity contribution in [3.05, 3.63) is 32.8 Å². The molecule has 0 amide bonds. The molecular formula is C16H18Br2N6O3S. The topological polar surface area (TPSA) is 154 Å². The van der Waals surface area contributed by atoms with Crippen molar-refractivity contribution in [3.63, 3.8) is 0 Å². The van der Waals surface area contributed by atoms with Gasteiger partial charge in [0, 0.05) is 16.4 Å². The second-order valence-electron chi connectivity index (χ2n) is 6.53. The van der Waals surface area contributed by atoms with E-state index in [0.29, 0.717) is 16.0 Å². The Morgan fingerprint density at radius 3 is 2.50 bits per heavy atom. The Hall–Kier alpha value is -1.78. The van der Waals surface area contributed by atoms with Crippen LogP contribution in [0.15, 0.2) is 32.2 Å². The highest BCUT2D eigenvalue weighted by molar-refractivity contribution is 9.10. The predicted octanol–water partition coefficient (Wildman–Crippen LogP) is 2.84. The van der Waals surface area contributed by atoms with E-state index in [1.807, 2.05) is 13.0 Å². The Morgan fingerprint density at radius 1 is 1.32 bits per heavy atom. The van der Waals surface area contributed by atoms with Crippen LogP contribution in [-0.4, -0.2) is 35.1 Å². The minimum absolute atomic E-state index is 0.120. The number of sulfonamides is 1. The average Bonchev–Trinajstić information content (AvgIpc) is 2.55. The fourth-order valence-electron chi connectivity index (χ4n) is 2.08. The lowest BCUT2D eigenvalue weighted by Gasteiger charge is -2.27. The molecule has 1 aromatic carbocycles. The second kappa shape index (κ2) is 8.30. The first-order valence-corrected chi connectivity index (χ1v) is 11.0. The number of primary sulfonamides is 1. The number of hydrogen-bond donors (Lipinski definition) is 4. The van der Waals surface area contributed by atoms with Crippen LogP contribution in [0.3, 0.4) is 0 Å². The van der Waals surface area contributed by atoms with Crippen molar-refractivity contribution in [2.45, 2.75) is 37.3 Å². The van der Waals surface area contributed by atoms with Crippen molar-refractivity contribution >= 4 is 59.3 Å². The van der Waals surface area contributed by atoms with E-state index in [9.17, 15) is 18.8 Å². The Labute approximate surface area is 179 Å². The molecule has 0 aliphatic rings. The SMILES string of the molecule is C[C@@H](Nc1nc(Nc2cc(Br)c(S(N)(=O)=O)c(C#N)c2)ncc1Br)C(C)(C)O. The van der Waals surface area contributed by atoms with Gasteiger partial charge in [-0.1, -0.05) is 0 Å². The molecule has 0 radical (unpaired) electrons. The van der Waals surface area contributed by atoms with Crippen molar-refractivity contribution < 1.29 is 13.5 Å². The molecule has 1 aromatic heterocycles. The van der Waals surface area contributed by atoms with Gasteiger partial charge in [-0.25, -0.2) is 18.5 Å². The van der Waals surface area contributed by atoms with E-state index < -0.39 is 15.6 Å². The average molecular weight is 534 g/mol. The molecule has 0 unspecified atom stereocenters. The van der Waals surface area contributed by atoms with Crippen molar-refractivity contribution in [1.82, 2.24) is 9.97 Å². The fourth-order valence-corrected chi connectivity index (χ4v) is 4.26. The summed E-state index contributed by atoms with van der Waals surface area (Å²) in [6.07, 6.45) is 1.52. The zero-order valence-electron chi connectivity index (χ0n) is 15.2. The third kappa shape index (κ3) is 5.39. The normalized spacial score (nSPS) is 12.9. The lowest BCUT2D eigenvalue weighted by atomic mass is 10.0. The first-order valence-electron chi connectivity index (χ1n) is 7.88. The minimum atomic E-state index is -4.07. The maximum atomic E-state index is 11.7. The van der Waals surface area contributed by atoms with Crippen molar-refractivity contribution in [3.8, 4) is 6.07 Å². The highest BCUT2D eigenvalue weighted by Crippen LogP contribution is 2.30. The van der Waals surface area contributed by atoms with Gasteiger partial charge in [0.15, 0.2) is 0 Å². The molecule has 12 heteroatoms. The van der Waals surface area contributed by atoms with E-state index >= 15 is 0 Å². The number of aromatic nitrogens is 2. The fraction of sp³-hybridized carbons (Fsp3) is 0.312. The second-order valence-corrected chi connectivity index (χ2v) is 9.73. The van der Waals surface area contributed by atoms with E-state index in [-0.39, 0.29) is 26.9 Å². The Morgan fingerprint density at radius 2 is 1.96 bits per heavy atom. The van der Waals surface area contributed by atoms with Crippen LogP contribution in [-0.2, 0) is 10.0 Å². The summed E-state index contributed by atoms with van der Waals surface area (Å²) in [5.41, 5.74) is -0.709. The summed E-state index contributed by atoms with van der Waals surface area (Å²) in [6.45, 7) is 5.16. The standard InChI is InChI=1S/C16H18Br2N6O3S/c1-8(16(2,3)25)22-14-12(18)7-21-15(24-14)23-10-4-9(6-19)13(11(17)5-10)28(20,26)27/h4-5,7-8,25H,1-3H3,(H2,20,26,27)(H2,21,22,23,24)/t8-/m1/s1. The maximum Gasteiger partial charge on any atom is 0.240 e. The Balaban J connectivity index is 2.38. The monoisotopic (exact) mass is 532 g/mol. The number of nitriles is 1. The van der Waals surface area contributed by atoms with Gasteiger partial charge in [-0.05, 0) is 64.8 Å². The van der Waals surface area contributed by atoms with E-state index in [4.69, 9.17) is 5.14 Å². The molecule has 0 aliphatic heterocycles. The summed E-state index contributed by atoms with van der Waals surface area (Å²) in [5.74, 6) is 0.653. The molecule has 0 saturated heterocycles. The largest absolute Gasteiger partial charge is 0.388 e. The molecule has 2 aromatic rings. The van der Waals surface area contributed by atoms with Gasteiger partial charge in [-0.2, -0.15) is 10.2 Å². The summed E-state index contributed by atoms with van der Waals surface area (Å²) in [4.78, 5) is 8.20. The molecule has 0 spiro atoms. The molecule has 0 aliphatic carbocycles. The number of hydrogen-bond acceptors (Lipinski definition) is 8. The van der Waals surface area contributed by atoms with Gasteiger partial charge >= 0.3 is 0 Å². The number of rotatable bonds is 6. The summed E-state index contributed by atoms with van der Waals surface area (Å²) in [6, 6.07) is 4.30. The summed E-state index contributed by atoms with van der Waals surface area (Å²) < 4.78 is 24.1. The van der Waals surface area contributed by atoms with Gasteiger partial charge in [-0.15, -0.1) is 0 Å². The molecule has 5 N–H and O–H groups in total. The zero-order chi connectivity index (χ0) is 21.3. The number of anilines is 3. The molecule has 150 valence electrons. The molecule has 9 nitrogen and oxygen atoms in total. The quantitative estimate of drug-likeness (QED) is 0.442. The van der Waals surface area contributed by atoms with Crippen molar-refractivity contribution in [2.24, 2.45) is 5.14 Å². The number of nitrogens with two attached hydrogens (primary N) is 1. The van der Waals surface area contributed by atoms with E-state index in [1.54, 1.807) is 13.8 Å². The predicted molar refractivity (Wildman–Crippen MR) is 113 cm³/mol. The lowest BCUT2D eigenvalue weighted by Crippen LogP contribution is -2.39. The van der Waals surface area contributed by atoms with Crippen LogP contribution in [0, 0.1) is 11.3 Å². The third-order valence-corrected chi connectivity index (χ3v) is 6.34. The molecule has 28 heavy (non-hydrogen) atoms. The van der Waals surface area contributed by atoms with Crippen LogP contribution in [0.2, 0.25) is 0 Å². The molecular weight excluding hydrogens is 516 g/mol. The summed E-state index contributed by atoms with van der Waals surface area (Å²) in [7, 11) is -4.07. The smallest absolute Gasteiger partial charge is 0.240 e. The van der Waals surface area contributed by atoms with Crippen molar-refractivity contribution in [1.29, 1.82) is 5.26 Å². The number of nitrogens with one attached hydrogen (secondary N) is 2. The van der Waals surface area contributed by atoms with Gasteiger partial charge in [0.2, 0.25) is 16.0 Å². The van der Waals surface area contributed by atoms with Crippen LogP contribution in [0.1, 0.15) is 26.3 Å². The van der Waals surface area contributed by atoms with Crippen LogP contribution >= 0.6 is 31.9 Å². The number of benzene rings is 1.